The zero-order chi connectivity index (χ0) is 29.1. The first kappa shape index (κ1) is 30.7. The number of ether oxygens (including phenoxy) is 1. The fourth-order valence-corrected chi connectivity index (χ4v) is 5.27. The number of hydrogen-bond donors (Lipinski definition) is 1. The highest BCUT2D eigenvalue weighted by Gasteiger charge is 2.33. The predicted molar refractivity (Wildman–Crippen MR) is 159 cm³/mol. The second kappa shape index (κ2) is 14.5. The van der Waals surface area contributed by atoms with Crippen molar-refractivity contribution in [3.63, 3.8) is 0 Å². The summed E-state index contributed by atoms with van der Waals surface area (Å²) in [5.74, 6) is -0.158. The second-order valence-electron chi connectivity index (χ2n) is 9.70. The Bertz CT molecular complexity index is 1360. The third-order valence-corrected chi connectivity index (χ3v) is 7.51. The van der Waals surface area contributed by atoms with Gasteiger partial charge in [0.1, 0.15) is 18.3 Å². The molecule has 2 amide bonds. The van der Waals surface area contributed by atoms with Gasteiger partial charge in [-0.1, -0.05) is 67.1 Å². The summed E-state index contributed by atoms with van der Waals surface area (Å²) in [7, 11) is -3.83. The molecule has 40 heavy (non-hydrogen) atoms. The highest BCUT2D eigenvalue weighted by atomic mass is 32.2. The Hall–Kier alpha value is -3.85. The van der Waals surface area contributed by atoms with E-state index in [-0.39, 0.29) is 18.9 Å². The molecule has 3 aromatic rings. The minimum atomic E-state index is -3.83. The molecule has 8 nitrogen and oxygen atoms in total. The van der Waals surface area contributed by atoms with E-state index in [0.717, 1.165) is 33.7 Å². The van der Waals surface area contributed by atoms with Gasteiger partial charge in [-0.05, 0) is 55.7 Å². The van der Waals surface area contributed by atoms with Gasteiger partial charge in [-0.25, -0.2) is 8.42 Å². The molecule has 1 atom stereocenters. The molecule has 9 heteroatoms. The van der Waals surface area contributed by atoms with Gasteiger partial charge < -0.3 is 15.0 Å². The minimum absolute atomic E-state index is 0.151. The molecule has 0 spiro atoms. The van der Waals surface area contributed by atoms with Crippen molar-refractivity contribution in [1.82, 2.24) is 10.2 Å². The van der Waals surface area contributed by atoms with Gasteiger partial charge in [0, 0.05) is 19.5 Å². The van der Waals surface area contributed by atoms with E-state index in [4.69, 9.17) is 4.74 Å². The number of hydrogen-bond acceptors (Lipinski definition) is 5. The topological polar surface area (TPSA) is 96.0 Å². The number of nitrogens with zero attached hydrogens (tertiary/aromatic N) is 2. The monoisotopic (exact) mass is 565 g/mol. The lowest BCUT2D eigenvalue weighted by atomic mass is 10.0. The van der Waals surface area contributed by atoms with Crippen LogP contribution in [0.15, 0.2) is 78.9 Å². The molecular weight excluding hydrogens is 526 g/mol. The van der Waals surface area contributed by atoms with Crippen LogP contribution in [0.3, 0.4) is 0 Å². The van der Waals surface area contributed by atoms with E-state index >= 15 is 0 Å². The molecular formula is C31H39N3O5S. The van der Waals surface area contributed by atoms with Crippen LogP contribution in [0.2, 0.25) is 0 Å². The van der Waals surface area contributed by atoms with Crippen LogP contribution in [0.5, 0.6) is 5.75 Å². The second-order valence-corrected chi connectivity index (χ2v) is 11.6. The number of carbonyl (C=O) groups excluding carboxylic acids is 2. The van der Waals surface area contributed by atoms with Crippen molar-refractivity contribution < 1.29 is 22.7 Å². The highest BCUT2D eigenvalue weighted by molar-refractivity contribution is 7.92. The summed E-state index contributed by atoms with van der Waals surface area (Å²) in [6.45, 7) is 6.43. The molecule has 1 N–H and O–H groups in total. The van der Waals surface area contributed by atoms with Crippen molar-refractivity contribution >= 4 is 27.5 Å². The van der Waals surface area contributed by atoms with Gasteiger partial charge in [-0.2, -0.15) is 0 Å². The fraction of sp³-hybridized carbons (Fsp3) is 0.355. The maximum atomic E-state index is 14.1. The van der Waals surface area contributed by atoms with Gasteiger partial charge in [0.25, 0.3) is 0 Å². The van der Waals surface area contributed by atoms with Crippen LogP contribution < -0.4 is 14.4 Å². The molecule has 1 unspecified atom stereocenters. The zero-order valence-electron chi connectivity index (χ0n) is 23.7. The Labute approximate surface area is 238 Å². The summed E-state index contributed by atoms with van der Waals surface area (Å²) in [6.07, 6.45) is 2.10. The SMILES string of the molecule is CCCNC(=O)C(Cc1ccccc1)N(Cc1cccc(C)c1)C(=O)CN(c1ccc(OCC)cc1)S(C)(=O)=O. The summed E-state index contributed by atoms with van der Waals surface area (Å²) in [4.78, 5) is 29.1. The molecule has 214 valence electrons. The van der Waals surface area contributed by atoms with Gasteiger partial charge in [0.05, 0.1) is 18.6 Å². The fourth-order valence-electron chi connectivity index (χ4n) is 4.42. The van der Waals surface area contributed by atoms with Crippen molar-refractivity contribution in [3.05, 3.63) is 95.6 Å². The molecule has 0 aromatic heterocycles. The third-order valence-electron chi connectivity index (χ3n) is 6.37. The first-order chi connectivity index (χ1) is 19.1. The van der Waals surface area contributed by atoms with Gasteiger partial charge in [-0.15, -0.1) is 0 Å². The molecule has 0 saturated carbocycles. The van der Waals surface area contributed by atoms with Crippen molar-refractivity contribution in [2.45, 2.75) is 46.2 Å². The Kier molecular flexibility index (Phi) is 11.1. The minimum Gasteiger partial charge on any atom is -0.494 e. The van der Waals surface area contributed by atoms with Crippen LogP contribution in [0.1, 0.15) is 37.0 Å². The van der Waals surface area contributed by atoms with E-state index in [0.29, 0.717) is 24.6 Å². The number of benzene rings is 3. The first-order valence-electron chi connectivity index (χ1n) is 13.5. The maximum absolute atomic E-state index is 14.1. The van der Waals surface area contributed by atoms with E-state index in [1.165, 1.54) is 4.90 Å². The number of sulfonamides is 1. The first-order valence-corrected chi connectivity index (χ1v) is 15.3. The lowest BCUT2D eigenvalue weighted by Crippen LogP contribution is -2.53. The Morgan fingerprint density at radius 1 is 0.925 bits per heavy atom. The molecule has 0 saturated heterocycles. The summed E-state index contributed by atoms with van der Waals surface area (Å²) in [5, 5.41) is 2.94. The summed E-state index contributed by atoms with van der Waals surface area (Å²) in [5.41, 5.74) is 3.10. The normalized spacial score (nSPS) is 11.9. The summed E-state index contributed by atoms with van der Waals surface area (Å²) in [6, 6.07) is 22.9. The molecule has 3 aromatic carbocycles. The molecule has 0 radical (unpaired) electrons. The average Bonchev–Trinajstić information content (AvgIpc) is 2.93. The molecule has 0 aliphatic heterocycles. The quantitative estimate of drug-likeness (QED) is 0.314. The van der Waals surface area contributed by atoms with E-state index in [2.05, 4.69) is 5.32 Å². The molecule has 0 aliphatic rings. The number of anilines is 1. The van der Waals surface area contributed by atoms with Crippen molar-refractivity contribution in [3.8, 4) is 5.75 Å². The standard InChI is InChI=1S/C31H39N3O5S/c1-5-19-32-31(36)29(21-25-12-8-7-9-13-25)33(22-26-14-10-11-24(3)20-26)30(35)23-34(40(4,37)38)27-15-17-28(18-16-27)39-6-2/h7-18,20,29H,5-6,19,21-23H2,1-4H3,(H,32,36). The highest BCUT2D eigenvalue weighted by Crippen LogP contribution is 2.23. The number of rotatable bonds is 14. The third kappa shape index (κ3) is 8.84. The zero-order valence-corrected chi connectivity index (χ0v) is 24.5. The number of aryl methyl sites for hydroxylation is 1. The van der Waals surface area contributed by atoms with E-state index < -0.39 is 28.5 Å². The summed E-state index contributed by atoms with van der Waals surface area (Å²) < 4.78 is 32.3. The Balaban J connectivity index is 2.02. The number of carbonyl (C=O) groups is 2. The molecule has 0 aliphatic carbocycles. The van der Waals surface area contributed by atoms with Crippen molar-refractivity contribution in [1.29, 1.82) is 0 Å². The van der Waals surface area contributed by atoms with Crippen LogP contribution >= 0.6 is 0 Å². The van der Waals surface area contributed by atoms with E-state index in [9.17, 15) is 18.0 Å². The van der Waals surface area contributed by atoms with Gasteiger partial charge >= 0.3 is 0 Å². The molecule has 0 heterocycles. The van der Waals surface area contributed by atoms with E-state index in [1.807, 2.05) is 75.4 Å². The lowest BCUT2D eigenvalue weighted by Gasteiger charge is -2.33. The van der Waals surface area contributed by atoms with Gasteiger partial charge in [0.15, 0.2) is 0 Å². The molecule has 0 bridgehead atoms. The Morgan fingerprint density at radius 2 is 1.60 bits per heavy atom. The number of nitrogens with one attached hydrogen (secondary N) is 1. The van der Waals surface area contributed by atoms with Crippen LogP contribution in [-0.2, 0) is 32.6 Å². The predicted octanol–water partition coefficient (Wildman–Crippen LogP) is 4.33. The largest absolute Gasteiger partial charge is 0.494 e. The summed E-state index contributed by atoms with van der Waals surface area (Å²) >= 11 is 0. The Morgan fingerprint density at radius 3 is 2.20 bits per heavy atom. The maximum Gasteiger partial charge on any atom is 0.244 e. The lowest BCUT2D eigenvalue weighted by molar-refractivity contribution is -0.140. The van der Waals surface area contributed by atoms with Crippen LogP contribution in [-0.4, -0.2) is 57.1 Å². The molecule has 0 fully saturated rings. The van der Waals surface area contributed by atoms with Crippen molar-refractivity contribution in [2.75, 3.05) is 30.3 Å². The van der Waals surface area contributed by atoms with Gasteiger partial charge in [0.2, 0.25) is 21.8 Å². The van der Waals surface area contributed by atoms with Crippen LogP contribution in [0.4, 0.5) is 5.69 Å². The number of amides is 2. The smallest absolute Gasteiger partial charge is 0.244 e. The van der Waals surface area contributed by atoms with Crippen molar-refractivity contribution in [2.24, 2.45) is 0 Å². The average molecular weight is 566 g/mol. The van der Waals surface area contributed by atoms with Crippen LogP contribution in [0.25, 0.3) is 0 Å². The van der Waals surface area contributed by atoms with Crippen LogP contribution in [0, 0.1) is 6.92 Å². The van der Waals surface area contributed by atoms with Gasteiger partial charge in [-0.3, -0.25) is 13.9 Å². The van der Waals surface area contributed by atoms with E-state index in [1.54, 1.807) is 24.3 Å². The molecule has 3 rings (SSSR count).